The fourth-order valence-electron chi connectivity index (χ4n) is 2.47. The Hall–Kier alpha value is -1.79. The number of para-hydroxylation sites is 1. The number of nitrogens with zero attached hydrogens (tertiary/aromatic N) is 4. The summed E-state index contributed by atoms with van der Waals surface area (Å²) in [5.41, 5.74) is 1.03. The van der Waals surface area contributed by atoms with Gasteiger partial charge in [-0.15, -0.1) is 21.5 Å². The van der Waals surface area contributed by atoms with E-state index in [1.807, 2.05) is 18.2 Å². The van der Waals surface area contributed by atoms with Crippen LogP contribution < -0.4 is 5.32 Å². The van der Waals surface area contributed by atoms with Gasteiger partial charge in [0.1, 0.15) is 5.82 Å². The lowest BCUT2D eigenvalue weighted by atomic mass is 10.2. The molecule has 19 heavy (non-hydrogen) atoms. The zero-order valence-electron chi connectivity index (χ0n) is 10.5. The van der Waals surface area contributed by atoms with Crippen LogP contribution in [-0.2, 0) is 6.54 Å². The van der Waals surface area contributed by atoms with Gasteiger partial charge < -0.3 is 9.88 Å². The van der Waals surface area contributed by atoms with Gasteiger partial charge in [0.05, 0.1) is 16.3 Å². The fourth-order valence-corrected chi connectivity index (χ4v) is 3.43. The van der Waals surface area contributed by atoms with Crippen molar-refractivity contribution >= 4 is 21.6 Å². The Balaban J connectivity index is 1.88. The van der Waals surface area contributed by atoms with Crippen molar-refractivity contribution < 1.29 is 0 Å². The molecule has 1 aliphatic heterocycles. The van der Waals surface area contributed by atoms with Crippen LogP contribution in [0.1, 0.15) is 18.8 Å². The molecule has 0 radical (unpaired) electrons. The monoisotopic (exact) mass is 271 g/mol. The van der Waals surface area contributed by atoms with E-state index in [1.54, 1.807) is 11.3 Å². The van der Waals surface area contributed by atoms with E-state index in [1.165, 1.54) is 4.70 Å². The maximum Gasteiger partial charge on any atom is 0.193 e. The minimum Gasteiger partial charge on any atom is -0.306 e. The van der Waals surface area contributed by atoms with E-state index in [4.69, 9.17) is 0 Å². The summed E-state index contributed by atoms with van der Waals surface area (Å²) in [6.45, 7) is 3.96. The second kappa shape index (κ2) is 4.11. The molecule has 0 fully saturated rings. The first-order valence-corrected chi connectivity index (χ1v) is 7.17. The number of benzene rings is 1. The third kappa shape index (κ3) is 1.67. The topological polar surface area (TPSA) is 55.6 Å². The second-order valence-corrected chi connectivity index (χ2v) is 5.73. The predicted octanol–water partition coefficient (Wildman–Crippen LogP) is 2.22. The molecule has 0 bridgehead atoms. The SMILES string of the molecule is CC1NCCn2c(-c3nc4ccccc4s3)nnc21. The van der Waals surface area contributed by atoms with E-state index in [0.29, 0.717) is 0 Å². The van der Waals surface area contributed by atoms with Crippen molar-refractivity contribution in [3.05, 3.63) is 30.1 Å². The van der Waals surface area contributed by atoms with Crippen LogP contribution in [0.4, 0.5) is 0 Å². The van der Waals surface area contributed by atoms with Crippen LogP contribution in [0.3, 0.4) is 0 Å². The van der Waals surface area contributed by atoms with Crippen molar-refractivity contribution in [1.29, 1.82) is 0 Å². The van der Waals surface area contributed by atoms with Crippen LogP contribution in [0.15, 0.2) is 24.3 Å². The zero-order valence-corrected chi connectivity index (χ0v) is 11.3. The van der Waals surface area contributed by atoms with Crippen molar-refractivity contribution in [2.24, 2.45) is 0 Å². The van der Waals surface area contributed by atoms with Crippen LogP contribution in [0.2, 0.25) is 0 Å². The summed E-state index contributed by atoms with van der Waals surface area (Å²) in [4.78, 5) is 4.66. The summed E-state index contributed by atoms with van der Waals surface area (Å²) >= 11 is 1.67. The molecule has 0 spiro atoms. The molecule has 3 heterocycles. The van der Waals surface area contributed by atoms with Crippen molar-refractivity contribution in [1.82, 2.24) is 25.1 Å². The van der Waals surface area contributed by atoms with E-state index in [-0.39, 0.29) is 6.04 Å². The summed E-state index contributed by atoms with van der Waals surface area (Å²) < 4.78 is 3.37. The standard InChI is InChI=1S/C13H13N5S/c1-8-11-16-17-12(18(11)7-6-14-8)13-15-9-4-2-3-5-10(9)19-13/h2-5,8,14H,6-7H2,1H3. The lowest BCUT2D eigenvalue weighted by Gasteiger charge is -2.21. The van der Waals surface area contributed by atoms with Crippen LogP contribution in [0, 0.1) is 0 Å². The lowest BCUT2D eigenvalue weighted by molar-refractivity contribution is 0.439. The van der Waals surface area contributed by atoms with Gasteiger partial charge in [-0.2, -0.15) is 0 Å². The largest absolute Gasteiger partial charge is 0.306 e. The zero-order chi connectivity index (χ0) is 12.8. The van der Waals surface area contributed by atoms with Gasteiger partial charge in [0.25, 0.3) is 0 Å². The van der Waals surface area contributed by atoms with Crippen LogP contribution in [0.5, 0.6) is 0 Å². The van der Waals surface area contributed by atoms with Gasteiger partial charge >= 0.3 is 0 Å². The van der Waals surface area contributed by atoms with Gasteiger partial charge in [-0.05, 0) is 19.1 Å². The molecule has 1 aromatic carbocycles. The Morgan fingerprint density at radius 2 is 2.21 bits per heavy atom. The molecule has 4 rings (SSSR count). The first-order chi connectivity index (χ1) is 9.33. The summed E-state index contributed by atoms with van der Waals surface area (Å²) in [6, 6.07) is 8.43. The highest BCUT2D eigenvalue weighted by atomic mass is 32.1. The van der Waals surface area contributed by atoms with E-state index >= 15 is 0 Å². The van der Waals surface area contributed by atoms with Gasteiger partial charge in [0.2, 0.25) is 0 Å². The van der Waals surface area contributed by atoms with Gasteiger partial charge in [0.15, 0.2) is 10.8 Å². The molecule has 1 N–H and O–H groups in total. The first kappa shape index (κ1) is 11.1. The summed E-state index contributed by atoms with van der Waals surface area (Å²) in [5, 5.41) is 13.0. The van der Waals surface area contributed by atoms with Crippen LogP contribution in [-0.4, -0.2) is 26.3 Å². The molecular weight excluding hydrogens is 258 g/mol. The highest BCUT2D eigenvalue weighted by molar-refractivity contribution is 7.21. The van der Waals surface area contributed by atoms with E-state index in [0.717, 1.165) is 35.3 Å². The highest BCUT2D eigenvalue weighted by Crippen LogP contribution is 2.30. The van der Waals surface area contributed by atoms with Gasteiger partial charge in [-0.1, -0.05) is 12.1 Å². The average molecular weight is 271 g/mol. The fraction of sp³-hybridized carbons (Fsp3) is 0.308. The third-order valence-electron chi connectivity index (χ3n) is 3.44. The molecule has 0 amide bonds. The minimum atomic E-state index is 0.254. The quantitative estimate of drug-likeness (QED) is 0.737. The number of hydrogen-bond donors (Lipinski definition) is 1. The second-order valence-electron chi connectivity index (χ2n) is 4.70. The molecule has 5 nitrogen and oxygen atoms in total. The van der Waals surface area contributed by atoms with Crippen LogP contribution in [0.25, 0.3) is 21.0 Å². The van der Waals surface area contributed by atoms with E-state index in [9.17, 15) is 0 Å². The maximum atomic E-state index is 4.66. The van der Waals surface area contributed by atoms with Crippen molar-refractivity contribution in [2.45, 2.75) is 19.5 Å². The van der Waals surface area contributed by atoms with Crippen molar-refractivity contribution in [3.8, 4) is 10.8 Å². The van der Waals surface area contributed by atoms with Crippen LogP contribution >= 0.6 is 11.3 Å². The van der Waals surface area contributed by atoms with Crippen molar-refractivity contribution in [3.63, 3.8) is 0 Å². The number of thiazole rings is 1. The molecule has 6 heteroatoms. The Kier molecular flexibility index (Phi) is 2.39. The lowest BCUT2D eigenvalue weighted by Crippen LogP contribution is -2.32. The first-order valence-electron chi connectivity index (χ1n) is 6.35. The Morgan fingerprint density at radius 3 is 3.11 bits per heavy atom. The van der Waals surface area contributed by atoms with E-state index < -0.39 is 0 Å². The average Bonchev–Trinajstić information content (AvgIpc) is 3.02. The Labute approximate surface area is 114 Å². The molecule has 0 saturated heterocycles. The number of fused-ring (bicyclic) bond motifs is 2. The molecule has 96 valence electrons. The molecule has 0 aliphatic carbocycles. The van der Waals surface area contributed by atoms with Gasteiger partial charge in [0, 0.05) is 13.1 Å². The third-order valence-corrected chi connectivity index (χ3v) is 4.47. The smallest absolute Gasteiger partial charge is 0.193 e. The number of nitrogens with one attached hydrogen (secondary N) is 1. The summed E-state index contributed by atoms with van der Waals surface area (Å²) in [6.07, 6.45) is 0. The number of hydrogen-bond acceptors (Lipinski definition) is 5. The minimum absolute atomic E-state index is 0.254. The van der Waals surface area contributed by atoms with Gasteiger partial charge in [-0.25, -0.2) is 4.98 Å². The van der Waals surface area contributed by atoms with Crippen molar-refractivity contribution in [2.75, 3.05) is 6.54 Å². The normalized spacial score (nSPS) is 18.7. The maximum absolute atomic E-state index is 4.66. The molecule has 3 aromatic rings. The molecule has 1 unspecified atom stereocenters. The molecule has 0 saturated carbocycles. The molecular formula is C13H13N5S. The summed E-state index contributed by atoms with van der Waals surface area (Å²) in [5.74, 6) is 1.89. The number of rotatable bonds is 1. The molecule has 1 aliphatic rings. The predicted molar refractivity (Wildman–Crippen MR) is 75.1 cm³/mol. The highest BCUT2D eigenvalue weighted by Gasteiger charge is 2.23. The van der Waals surface area contributed by atoms with E-state index in [2.05, 4.69) is 38.1 Å². The number of aromatic nitrogens is 4. The van der Waals surface area contributed by atoms with Gasteiger partial charge in [-0.3, -0.25) is 0 Å². The molecule has 2 aromatic heterocycles. The summed E-state index contributed by atoms with van der Waals surface area (Å²) in [7, 11) is 0. The molecule has 1 atom stereocenters. The Morgan fingerprint density at radius 1 is 1.32 bits per heavy atom. The Bertz CT molecular complexity index is 711.